The Morgan fingerprint density at radius 1 is 1.21 bits per heavy atom. The molecule has 0 aliphatic rings. The first-order valence-corrected chi connectivity index (χ1v) is 7.81. The third-order valence-corrected chi connectivity index (χ3v) is 3.51. The molecule has 2 aromatic rings. The highest BCUT2D eigenvalue weighted by Gasteiger charge is 2.11. The lowest BCUT2D eigenvalue weighted by Gasteiger charge is -2.12. The molecule has 1 unspecified atom stereocenters. The fourth-order valence-electron chi connectivity index (χ4n) is 2.14. The van der Waals surface area contributed by atoms with Crippen LogP contribution in [0.3, 0.4) is 0 Å². The van der Waals surface area contributed by atoms with E-state index in [1.807, 2.05) is 50.4 Å². The summed E-state index contributed by atoms with van der Waals surface area (Å²) < 4.78 is 10.8. The largest absolute Gasteiger partial charge is 0.497 e. The average molecular weight is 329 g/mol. The molecule has 0 aliphatic heterocycles. The van der Waals surface area contributed by atoms with Gasteiger partial charge in [-0.1, -0.05) is 6.92 Å². The smallest absolute Gasteiger partial charge is 0.224 e. The first kappa shape index (κ1) is 17.7. The van der Waals surface area contributed by atoms with Gasteiger partial charge in [0.1, 0.15) is 11.5 Å². The number of benzene rings is 1. The van der Waals surface area contributed by atoms with Crippen LogP contribution in [0.25, 0.3) is 0 Å². The summed E-state index contributed by atoms with van der Waals surface area (Å²) in [4.78, 5) is 16.1. The van der Waals surface area contributed by atoms with Crippen molar-refractivity contribution in [3.8, 4) is 17.4 Å². The zero-order chi connectivity index (χ0) is 17.4. The van der Waals surface area contributed by atoms with Gasteiger partial charge in [0.25, 0.3) is 0 Å². The number of hydrogen-bond acceptors (Lipinski definition) is 5. The second-order valence-corrected chi connectivity index (χ2v) is 5.46. The monoisotopic (exact) mass is 329 g/mol. The quantitative estimate of drug-likeness (QED) is 0.778. The van der Waals surface area contributed by atoms with E-state index in [-0.39, 0.29) is 11.8 Å². The van der Waals surface area contributed by atoms with Crippen molar-refractivity contribution in [3.63, 3.8) is 0 Å². The molecule has 6 nitrogen and oxygen atoms in total. The number of hydrogen-bond donors (Lipinski definition) is 2. The van der Waals surface area contributed by atoms with Gasteiger partial charge in [-0.05, 0) is 42.9 Å². The van der Waals surface area contributed by atoms with Gasteiger partial charge < -0.3 is 20.1 Å². The van der Waals surface area contributed by atoms with Crippen molar-refractivity contribution in [1.82, 2.24) is 15.6 Å². The van der Waals surface area contributed by atoms with E-state index in [1.165, 1.54) is 0 Å². The first-order valence-electron chi connectivity index (χ1n) is 7.81. The van der Waals surface area contributed by atoms with Crippen molar-refractivity contribution in [2.45, 2.75) is 13.5 Å². The maximum Gasteiger partial charge on any atom is 0.224 e. The van der Waals surface area contributed by atoms with Crippen molar-refractivity contribution in [2.75, 3.05) is 20.7 Å². The van der Waals surface area contributed by atoms with E-state index in [1.54, 1.807) is 13.3 Å². The second-order valence-electron chi connectivity index (χ2n) is 5.46. The van der Waals surface area contributed by atoms with Gasteiger partial charge in [0.15, 0.2) is 0 Å². The third-order valence-electron chi connectivity index (χ3n) is 3.51. The number of methoxy groups -OCH3 is 1. The molecule has 1 atom stereocenters. The highest BCUT2D eigenvalue weighted by molar-refractivity contribution is 5.78. The van der Waals surface area contributed by atoms with Crippen molar-refractivity contribution in [2.24, 2.45) is 5.92 Å². The number of nitrogens with zero attached hydrogens (tertiary/aromatic N) is 1. The number of amides is 1. The summed E-state index contributed by atoms with van der Waals surface area (Å²) in [5.74, 6) is 1.86. The number of aromatic nitrogens is 1. The molecule has 2 N–H and O–H groups in total. The van der Waals surface area contributed by atoms with Crippen LogP contribution in [-0.4, -0.2) is 31.6 Å². The van der Waals surface area contributed by atoms with Gasteiger partial charge >= 0.3 is 0 Å². The zero-order valence-electron chi connectivity index (χ0n) is 14.2. The maximum absolute atomic E-state index is 11.9. The molecule has 0 saturated carbocycles. The Bertz CT molecular complexity index is 659. The fourth-order valence-corrected chi connectivity index (χ4v) is 2.14. The van der Waals surface area contributed by atoms with Gasteiger partial charge in [-0.3, -0.25) is 4.79 Å². The summed E-state index contributed by atoms with van der Waals surface area (Å²) in [7, 11) is 3.45. The van der Waals surface area contributed by atoms with Crippen LogP contribution < -0.4 is 20.1 Å². The van der Waals surface area contributed by atoms with Crippen LogP contribution in [-0.2, 0) is 11.3 Å². The second kappa shape index (κ2) is 8.88. The summed E-state index contributed by atoms with van der Waals surface area (Å²) in [5, 5.41) is 5.90. The molecule has 24 heavy (non-hydrogen) atoms. The molecule has 0 saturated heterocycles. The highest BCUT2D eigenvalue weighted by atomic mass is 16.5. The molecule has 0 spiro atoms. The van der Waals surface area contributed by atoms with E-state index < -0.39 is 0 Å². The molecule has 1 heterocycles. The van der Waals surface area contributed by atoms with E-state index in [4.69, 9.17) is 9.47 Å². The van der Waals surface area contributed by atoms with Crippen LogP contribution in [0.15, 0.2) is 42.6 Å². The first-order chi connectivity index (χ1) is 11.6. The van der Waals surface area contributed by atoms with E-state index in [0.29, 0.717) is 24.7 Å². The predicted molar refractivity (Wildman–Crippen MR) is 92.2 cm³/mol. The standard InChI is InChI=1S/C18H23N3O3/c1-13(11-19-2)18(22)21-12-14-8-9-20-17(10-14)24-16-6-4-15(23-3)5-7-16/h4-10,13,19H,11-12H2,1-3H3,(H,21,22). The van der Waals surface area contributed by atoms with Crippen molar-refractivity contribution < 1.29 is 14.3 Å². The van der Waals surface area contributed by atoms with Crippen LogP contribution in [0.1, 0.15) is 12.5 Å². The maximum atomic E-state index is 11.9. The van der Waals surface area contributed by atoms with Gasteiger partial charge in [-0.25, -0.2) is 4.98 Å². The Hall–Kier alpha value is -2.60. The number of nitrogens with one attached hydrogen (secondary N) is 2. The van der Waals surface area contributed by atoms with Gasteiger partial charge in [-0.2, -0.15) is 0 Å². The lowest BCUT2D eigenvalue weighted by atomic mass is 10.1. The number of rotatable bonds is 8. The number of carbonyl (C=O) groups excluding carboxylic acids is 1. The summed E-state index contributed by atoms with van der Waals surface area (Å²) >= 11 is 0. The predicted octanol–water partition coefficient (Wildman–Crippen LogP) is 2.35. The average Bonchev–Trinajstić information content (AvgIpc) is 2.61. The van der Waals surface area contributed by atoms with E-state index >= 15 is 0 Å². The summed E-state index contributed by atoms with van der Waals surface area (Å²) in [6.45, 7) is 2.97. The van der Waals surface area contributed by atoms with Crippen LogP contribution in [0.2, 0.25) is 0 Å². The minimum absolute atomic E-state index is 0.0128. The molecule has 1 aromatic carbocycles. The van der Waals surface area contributed by atoms with Gasteiger partial charge in [0, 0.05) is 31.3 Å². The Labute approximate surface area is 142 Å². The van der Waals surface area contributed by atoms with E-state index in [0.717, 1.165) is 11.3 Å². The lowest BCUT2D eigenvalue weighted by molar-refractivity contribution is -0.124. The lowest BCUT2D eigenvalue weighted by Crippen LogP contribution is -2.33. The van der Waals surface area contributed by atoms with Crippen LogP contribution in [0.5, 0.6) is 17.4 Å². The summed E-state index contributed by atoms with van der Waals surface area (Å²) in [6.07, 6.45) is 1.66. The minimum Gasteiger partial charge on any atom is -0.497 e. The molecular weight excluding hydrogens is 306 g/mol. The molecule has 1 aromatic heterocycles. The third kappa shape index (κ3) is 5.24. The molecule has 128 valence electrons. The Morgan fingerprint density at radius 3 is 2.58 bits per heavy atom. The number of pyridine rings is 1. The van der Waals surface area contributed by atoms with E-state index in [2.05, 4.69) is 15.6 Å². The minimum atomic E-state index is -0.0770. The molecule has 1 amide bonds. The molecule has 0 aliphatic carbocycles. The van der Waals surface area contributed by atoms with Crippen molar-refractivity contribution in [1.29, 1.82) is 0 Å². The van der Waals surface area contributed by atoms with Gasteiger partial charge in [0.05, 0.1) is 7.11 Å². The summed E-state index contributed by atoms with van der Waals surface area (Å²) in [5.41, 5.74) is 0.929. The van der Waals surface area contributed by atoms with Crippen LogP contribution >= 0.6 is 0 Å². The van der Waals surface area contributed by atoms with Gasteiger partial charge in [-0.15, -0.1) is 0 Å². The number of carbonyl (C=O) groups is 1. The molecular formula is C18H23N3O3. The topological polar surface area (TPSA) is 72.5 Å². The van der Waals surface area contributed by atoms with Crippen molar-refractivity contribution >= 4 is 5.91 Å². The Morgan fingerprint density at radius 2 is 1.92 bits per heavy atom. The van der Waals surface area contributed by atoms with E-state index in [9.17, 15) is 4.79 Å². The molecule has 2 rings (SSSR count). The van der Waals surface area contributed by atoms with Crippen LogP contribution in [0.4, 0.5) is 0 Å². The SMILES string of the molecule is CNCC(C)C(=O)NCc1ccnc(Oc2ccc(OC)cc2)c1. The molecule has 0 radical (unpaired) electrons. The number of ether oxygens (including phenoxy) is 2. The Kier molecular flexibility index (Phi) is 6.57. The normalized spacial score (nSPS) is 11.6. The fraction of sp³-hybridized carbons (Fsp3) is 0.333. The van der Waals surface area contributed by atoms with Crippen molar-refractivity contribution in [3.05, 3.63) is 48.2 Å². The van der Waals surface area contributed by atoms with Crippen LogP contribution in [0, 0.1) is 5.92 Å². The molecule has 6 heteroatoms. The molecule has 0 bridgehead atoms. The molecule has 0 fully saturated rings. The summed E-state index contributed by atoms with van der Waals surface area (Å²) in [6, 6.07) is 10.9. The zero-order valence-corrected chi connectivity index (χ0v) is 14.2. The van der Waals surface area contributed by atoms with Gasteiger partial charge in [0.2, 0.25) is 11.8 Å². The highest BCUT2D eigenvalue weighted by Crippen LogP contribution is 2.22. The Balaban J connectivity index is 1.94.